The Labute approximate surface area is 186 Å². The highest BCUT2D eigenvalue weighted by Crippen LogP contribution is 2.31. The number of hydrogen-bond donors (Lipinski definition) is 2. The Bertz CT molecular complexity index is 999. The number of methoxy groups -OCH3 is 1. The molecule has 0 aliphatic carbocycles. The van der Waals surface area contributed by atoms with E-state index in [2.05, 4.69) is 37.6 Å². The molecule has 3 aromatic rings. The summed E-state index contributed by atoms with van der Waals surface area (Å²) < 4.78 is 5.30. The second kappa shape index (κ2) is 9.66. The molecule has 0 saturated carbocycles. The summed E-state index contributed by atoms with van der Waals surface area (Å²) in [6, 6.07) is 14.8. The maximum Gasteiger partial charge on any atom is 0.319 e. The van der Waals surface area contributed by atoms with Crippen LogP contribution in [0.3, 0.4) is 0 Å². The Morgan fingerprint density at radius 3 is 2.48 bits per heavy atom. The molecule has 0 bridgehead atoms. The minimum atomic E-state index is -0.234. The fourth-order valence-corrected chi connectivity index (χ4v) is 4.00. The number of piperidine rings is 1. The molecule has 160 valence electrons. The molecule has 7 nitrogen and oxygen atoms in total. The SMILES string of the molecule is COc1ccc(C2CN(c3cncnc3)CC[C@H]2NC(=O)Nc2ccc(Cl)cc2)cc1. The third kappa shape index (κ3) is 5.24. The maximum atomic E-state index is 12.7. The molecule has 0 spiro atoms. The molecule has 1 fully saturated rings. The molecule has 1 aliphatic rings. The lowest BCUT2D eigenvalue weighted by molar-refractivity contribution is 0.243. The first kappa shape index (κ1) is 20.9. The first-order chi connectivity index (χ1) is 15.1. The van der Waals surface area contributed by atoms with E-state index in [0.29, 0.717) is 10.7 Å². The summed E-state index contributed by atoms with van der Waals surface area (Å²) in [5, 5.41) is 6.67. The molecule has 2 N–H and O–H groups in total. The molecular weight excluding hydrogens is 414 g/mol. The Hall–Kier alpha value is -3.32. The second-order valence-electron chi connectivity index (χ2n) is 7.42. The first-order valence-electron chi connectivity index (χ1n) is 10.1. The standard InChI is InChI=1S/C23H24ClN5O2/c1-31-20-8-2-16(3-9-20)21-14-29(19-12-25-15-26-13-19)11-10-22(21)28-23(30)27-18-6-4-17(24)5-7-18/h2-9,12-13,15,21-22H,10-11,14H2,1H3,(H2,27,28,30)/t21?,22-/m1/s1. The normalized spacial score (nSPS) is 18.3. The van der Waals surface area contributed by atoms with Gasteiger partial charge in [0.1, 0.15) is 12.1 Å². The summed E-state index contributed by atoms with van der Waals surface area (Å²) in [4.78, 5) is 23.2. The van der Waals surface area contributed by atoms with Gasteiger partial charge < -0.3 is 20.3 Å². The molecule has 1 saturated heterocycles. The number of amides is 2. The number of urea groups is 1. The average Bonchev–Trinajstić information content (AvgIpc) is 2.81. The lowest BCUT2D eigenvalue weighted by Gasteiger charge is -2.40. The molecule has 2 atom stereocenters. The van der Waals surface area contributed by atoms with E-state index in [9.17, 15) is 4.79 Å². The van der Waals surface area contributed by atoms with Crippen molar-refractivity contribution in [3.8, 4) is 5.75 Å². The molecule has 8 heteroatoms. The number of nitrogens with one attached hydrogen (secondary N) is 2. The largest absolute Gasteiger partial charge is 0.497 e. The van der Waals surface area contributed by atoms with E-state index in [1.807, 2.05) is 24.5 Å². The minimum absolute atomic E-state index is 0.0263. The van der Waals surface area contributed by atoms with E-state index in [-0.39, 0.29) is 18.0 Å². The van der Waals surface area contributed by atoms with Crippen LogP contribution in [0.5, 0.6) is 5.75 Å². The lowest BCUT2D eigenvalue weighted by atomic mass is 9.85. The highest BCUT2D eigenvalue weighted by molar-refractivity contribution is 6.30. The maximum absolute atomic E-state index is 12.7. The van der Waals surface area contributed by atoms with Gasteiger partial charge in [0, 0.05) is 35.8 Å². The number of aromatic nitrogens is 2. The molecule has 1 aromatic heterocycles. The van der Waals surface area contributed by atoms with E-state index in [0.717, 1.165) is 36.5 Å². The van der Waals surface area contributed by atoms with Gasteiger partial charge in [0.05, 0.1) is 25.2 Å². The number of nitrogens with zero attached hydrogens (tertiary/aromatic N) is 3. The highest BCUT2D eigenvalue weighted by Gasteiger charge is 2.32. The third-order valence-electron chi connectivity index (χ3n) is 5.49. The van der Waals surface area contributed by atoms with Crippen molar-refractivity contribution in [1.82, 2.24) is 15.3 Å². The predicted octanol–water partition coefficient (Wildman–Crippen LogP) is 4.32. The van der Waals surface area contributed by atoms with Gasteiger partial charge >= 0.3 is 6.03 Å². The van der Waals surface area contributed by atoms with Crippen molar-refractivity contribution in [3.05, 3.63) is 77.8 Å². The van der Waals surface area contributed by atoms with Gasteiger partial charge in [-0.25, -0.2) is 14.8 Å². The van der Waals surface area contributed by atoms with Crippen molar-refractivity contribution in [2.75, 3.05) is 30.4 Å². The fourth-order valence-electron chi connectivity index (χ4n) is 3.87. The molecule has 2 aromatic carbocycles. The highest BCUT2D eigenvalue weighted by atomic mass is 35.5. The van der Waals surface area contributed by atoms with Gasteiger partial charge in [0.25, 0.3) is 0 Å². The Kier molecular flexibility index (Phi) is 6.52. The van der Waals surface area contributed by atoms with Crippen molar-refractivity contribution in [2.45, 2.75) is 18.4 Å². The van der Waals surface area contributed by atoms with Crippen LogP contribution in [0, 0.1) is 0 Å². The van der Waals surface area contributed by atoms with Crippen molar-refractivity contribution in [1.29, 1.82) is 0 Å². The van der Waals surface area contributed by atoms with E-state index >= 15 is 0 Å². The number of halogens is 1. The van der Waals surface area contributed by atoms with E-state index in [1.54, 1.807) is 31.4 Å². The zero-order valence-electron chi connectivity index (χ0n) is 17.2. The summed E-state index contributed by atoms with van der Waals surface area (Å²) in [7, 11) is 1.65. The zero-order chi connectivity index (χ0) is 21.6. The Morgan fingerprint density at radius 1 is 1.10 bits per heavy atom. The summed E-state index contributed by atoms with van der Waals surface area (Å²) in [6.07, 6.45) is 5.96. The van der Waals surface area contributed by atoms with E-state index in [1.165, 1.54) is 6.33 Å². The van der Waals surface area contributed by atoms with Crippen molar-refractivity contribution >= 4 is 29.0 Å². The summed E-state index contributed by atoms with van der Waals surface area (Å²) in [5.74, 6) is 0.897. The van der Waals surface area contributed by atoms with Crippen LogP contribution in [-0.2, 0) is 0 Å². The lowest BCUT2D eigenvalue weighted by Crippen LogP contribution is -2.50. The topological polar surface area (TPSA) is 79.4 Å². The number of rotatable bonds is 5. The van der Waals surface area contributed by atoms with Gasteiger partial charge in [-0.15, -0.1) is 0 Å². The molecule has 2 heterocycles. The number of carbonyl (C=O) groups is 1. The van der Waals surface area contributed by atoms with Crippen molar-refractivity contribution < 1.29 is 9.53 Å². The van der Waals surface area contributed by atoms with Gasteiger partial charge in [-0.2, -0.15) is 0 Å². The molecule has 1 aliphatic heterocycles. The Balaban J connectivity index is 1.51. The smallest absolute Gasteiger partial charge is 0.319 e. The van der Waals surface area contributed by atoms with Gasteiger partial charge in [-0.05, 0) is 48.4 Å². The molecule has 31 heavy (non-hydrogen) atoms. The number of benzene rings is 2. The number of carbonyl (C=O) groups excluding carboxylic acids is 1. The summed E-state index contributed by atoms with van der Waals surface area (Å²) in [5.41, 5.74) is 2.81. The van der Waals surface area contributed by atoms with Gasteiger partial charge in [-0.3, -0.25) is 0 Å². The molecule has 2 amide bonds. The van der Waals surface area contributed by atoms with Crippen LogP contribution < -0.4 is 20.3 Å². The van der Waals surface area contributed by atoms with Crippen molar-refractivity contribution in [2.24, 2.45) is 0 Å². The molecule has 4 rings (SSSR count). The number of ether oxygens (including phenoxy) is 1. The van der Waals surface area contributed by atoms with Crippen LogP contribution in [-0.4, -0.2) is 42.2 Å². The first-order valence-corrected chi connectivity index (χ1v) is 10.5. The molecule has 1 unspecified atom stereocenters. The van der Waals surface area contributed by atoms with Crippen LogP contribution in [0.15, 0.2) is 67.3 Å². The van der Waals surface area contributed by atoms with Crippen LogP contribution in [0.25, 0.3) is 0 Å². The monoisotopic (exact) mass is 437 g/mol. The minimum Gasteiger partial charge on any atom is -0.497 e. The summed E-state index contributed by atoms with van der Waals surface area (Å²) in [6.45, 7) is 1.54. The zero-order valence-corrected chi connectivity index (χ0v) is 17.9. The molecular formula is C23H24ClN5O2. The van der Waals surface area contributed by atoms with Crippen LogP contribution in [0.2, 0.25) is 5.02 Å². The van der Waals surface area contributed by atoms with Gasteiger partial charge in [-0.1, -0.05) is 23.7 Å². The van der Waals surface area contributed by atoms with Crippen LogP contribution >= 0.6 is 11.6 Å². The van der Waals surface area contributed by atoms with Gasteiger partial charge in [0.15, 0.2) is 0 Å². The second-order valence-corrected chi connectivity index (χ2v) is 7.86. The fraction of sp³-hybridized carbons (Fsp3) is 0.261. The predicted molar refractivity (Wildman–Crippen MR) is 122 cm³/mol. The quantitative estimate of drug-likeness (QED) is 0.621. The number of hydrogen-bond acceptors (Lipinski definition) is 5. The molecule has 0 radical (unpaired) electrons. The van der Waals surface area contributed by atoms with Gasteiger partial charge in [0.2, 0.25) is 0 Å². The average molecular weight is 438 g/mol. The van der Waals surface area contributed by atoms with E-state index < -0.39 is 0 Å². The third-order valence-corrected chi connectivity index (χ3v) is 5.74. The van der Waals surface area contributed by atoms with Crippen molar-refractivity contribution in [3.63, 3.8) is 0 Å². The Morgan fingerprint density at radius 2 is 1.81 bits per heavy atom. The van der Waals surface area contributed by atoms with Crippen LogP contribution in [0.1, 0.15) is 17.9 Å². The van der Waals surface area contributed by atoms with E-state index in [4.69, 9.17) is 16.3 Å². The number of anilines is 2. The summed E-state index contributed by atoms with van der Waals surface area (Å²) >= 11 is 5.93. The van der Waals surface area contributed by atoms with Crippen LogP contribution in [0.4, 0.5) is 16.2 Å².